The molecule has 0 aliphatic carbocycles. The molecule has 0 radical (unpaired) electrons. The lowest BCUT2D eigenvalue weighted by Gasteiger charge is -2.15. The van der Waals surface area contributed by atoms with Crippen LogP contribution in [0.1, 0.15) is 10.4 Å². The minimum absolute atomic E-state index is 0.267. The molecule has 1 amide bonds. The van der Waals surface area contributed by atoms with Crippen LogP contribution in [0, 0.1) is 0 Å². The number of nitrogens with one attached hydrogen (secondary N) is 3. The number of carbonyl (C=O) groups is 1. The van der Waals surface area contributed by atoms with Crippen LogP contribution in [0.15, 0.2) is 116 Å². The summed E-state index contributed by atoms with van der Waals surface area (Å²) in [5.41, 5.74) is 2.99. The second-order valence-electron chi connectivity index (χ2n) is 10.2. The van der Waals surface area contributed by atoms with Crippen molar-refractivity contribution >= 4 is 34.7 Å². The van der Waals surface area contributed by atoms with E-state index >= 15 is 0 Å². The highest BCUT2D eigenvalue weighted by Crippen LogP contribution is 2.40. The average Bonchev–Trinajstić information content (AvgIpc) is 3.13. The van der Waals surface area contributed by atoms with Gasteiger partial charge in [0.05, 0.1) is 26.9 Å². The number of aromatic nitrogens is 4. The van der Waals surface area contributed by atoms with Crippen molar-refractivity contribution in [2.45, 2.75) is 0 Å². The van der Waals surface area contributed by atoms with E-state index < -0.39 is 0 Å². The summed E-state index contributed by atoms with van der Waals surface area (Å²) in [7, 11) is 4.63. The molecule has 12 heteroatoms. The van der Waals surface area contributed by atoms with Gasteiger partial charge in [-0.1, -0.05) is 24.3 Å². The number of nitrogens with zero attached hydrogens (tertiary/aromatic N) is 4. The molecule has 6 aromatic rings. The van der Waals surface area contributed by atoms with E-state index in [1.54, 1.807) is 88.2 Å². The number of methoxy groups -OCH3 is 3. The third kappa shape index (κ3) is 7.40. The smallest absolute Gasteiger partial charge is 0.255 e. The maximum Gasteiger partial charge on any atom is 0.255 e. The Kier molecular flexibility index (Phi) is 9.52. The molecule has 240 valence electrons. The summed E-state index contributed by atoms with van der Waals surface area (Å²) in [5.74, 6) is 3.73. The molecule has 0 unspecified atom stereocenters. The van der Waals surface area contributed by atoms with Crippen molar-refractivity contribution in [2.24, 2.45) is 0 Å². The summed E-state index contributed by atoms with van der Waals surface area (Å²) in [4.78, 5) is 30.9. The van der Waals surface area contributed by atoms with Crippen molar-refractivity contribution in [3.63, 3.8) is 0 Å². The zero-order valence-electron chi connectivity index (χ0n) is 26.3. The molecule has 0 aliphatic heterocycles. The van der Waals surface area contributed by atoms with Crippen LogP contribution in [-0.4, -0.2) is 47.2 Å². The summed E-state index contributed by atoms with van der Waals surface area (Å²) in [5, 5.41) is 9.39. The van der Waals surface area contributed by atoms with Crippen LogP contribution in [0.2, 0.25) is 0 Å². The predicted octanol–water partition coefficient (Wildman–Crippen LogP) is 7.49. The standard InChI is InChI=1S/C36H31N7O5/c1-45-30-20-26(21-31(46-2)32(30)47-3)42-36-39-22-38-34(43-36)29-13-8-18-37-33(29)40-25-10-7-9-23(19-25)35(44)41-24-14-16-28(17-15-24)48-27-11-5-4-6-12-27/h4-22H,1-3H3,(H,37,40)(H,41,44)(H,38,39,42,43). The highest BCUT2D eigenvalue weighted by Gasteiger charge is 2.16. The summed E-state index contributed by atoms with van der Waals surface area (Å²) in [6, 6.07) is 30.9. The van der Waals surface area contributed by atoms with E-state index in [1.807, 2.05) is 42.5 Å². The number of para-hydroxylation sites is 1. The Balaban J connectivity index is 1.16. The first-order valence-electron chi connectivity index (χ1n) is 14.8. The molecule has 6 rings (SSSR count). The molecule has 2 aromatic heterocycles. The van der Waals surface area contributed by atoms with Crippen LogP contribution in [0.5, 0.6) is 28.7 Å². The Morgan fingerprint density at radius 2 is 1.40 bits per heavy atom. The predicted molar refractivity (Wildman–Crippen MR) is 183 cm³/mol. The number of pyridine rings is 1. The number of hydrogen-bond donors (Lipinski definition) is 3. The Labute approximate surface area is 276 Å². The third-order valence-electron chi connectivity index (χ3n) is 7.02. The number of anilines is 5. The minimum Gasteiger partial charge on any atom is -0.493 e. The van der Waals surface area contributed by atoms with Crippen LogP contribution in [0.25, 0.3) is 11.4 Å². The van der Waals surface area contributed by atoms with E-state index in [9.17, 15) is 4.79 Å². The first kappa shape index (κ1) is 31.3. The van der Waals surface area contributed by atoms with Crippen molar-refractivity contribution in [1.29, 1.82) is 0 Å². The number of rotatable bonds is 12. The second-order valence-corrected chi connectivity index (χ2v) is 10.2. The SMILES string of the molecule is COc1cc(Nc2ncnc(-c3cccnc3Nc3cccc(C(=O)Nc4ccc(Oc5ccccc5)cc4)c3)n2)cc(OC)c1OC. The number of hydrogen-bond acceptors (Lipinski definition) is 11. The first-order valence-corrected chi connectivity index (χ1v) is 14.8. The quantitative estimate of drug-likeness (QED) is 0.122. The molecule has 2 heterocycles. The summed E-state index contributed by atoms with van der Waals surface area (Å²) in [6.45, 7) is 0. The van der Waals surface area contributed by atoms with Gasteiger partial charge in [0.1, 0.15) is 23.6 Å². The van der Waals surface area contributed by atoms with Crippen molar-refractivity contribution in [2.75, 3.05) is 37.3 Å². The third-order valence-corrected chi connectivity index (χ3v) is 7.02. The van der Waals surface area contributed by atoms with Gasteiger partial charge >= 0.3 is 0 Å². The highest BCUT2D eigenvalue weighted by molar-refractivity contribution is 6.05. The van der Waals surface area contributed by atoms with Crippen LogP contribution in [0.4, 0.5) is 28.8 Å². The fourth-order valence-electron chi connectivity index (χ4n) is 4.76. The fourth-order valence-corrected chi connectivity index (χ4v) is 4.76. The van der Waals surface area contributed by atoms with Gasteiger partial charge in [-0.05, 0) is 66.7 Å². The van der Waals surface area contributed by atoms with Crippen molar-refractivity contribution in [3.8, 4) is 40.1 Å². The van der Waals surface area contributed by atoms with Gasteiger partial charge in [-0.25, -0.2) is 15.0 Å². The van der Waals surface area contributed by atoms with Crippen molar-refractivity contribution in [3.05, 3.63) is 121 Å². The Bertz CT molecular complexity index is 2000. The van der Waals surface area contributed by atoms with Gasteiger partial charge in [-0.2, -0.15) is 4.98 Å². The molecular formula is C36H31N7O5. The van der Waals surface area contributed by atoms with E-state index in [2.05, 4.69) is 35.9 Å². The Morgan fingerprint density at radius 3 is 2.12 bits per heavy atom. The maximum absolute atomic E-state index is 13.1. The molecule has 0 aliphatic rings. The fraction of sp³-hybridized carbons (Fsp3) is 0.0833. The molecule has 3 N–H and O–H groups in total. The highest BCUT2D eigenvalue weighted by atomic mass is 16.5. The molecule has 0 fully saturated rings. The molecular weight excluding hydrogens is 610 g/mol. The summed E-state index contributed by atoms with van der Waals surface area (Å²) >= 11 is 0. The number of amides is 1. The van der Waals surface area contributed by atoms with Gasteiger partial charge in [-0.3, -0.25) is 4.79 Å². The van der Waals surface area contributed by atoms with E-state index in [1.165, 1.54) is 6.33 Å². The van der Waals surface area contributed by atoms with Gasteiger partial charge in [0.2, 0.25) is 11.7 Å². The lowest BCUT2D eigenvalue weighted by atomic mass is 10.1. The molecule has 4 aromatic carbocycles. The van der Waals surface area contributed by atoms with Gasteiger partial charge in [0.25, 0.3) is 5.91 Å². The molecule has 0 bridgehead atoms. The molecule has 0 atom stereocenters. The Hall–Kier alpha value is -6.69. The molecule has 12 nitrogen and oxygen atoms in total. The minimum atomic E-state index is -0.267. The topological polar surface area (TPSA) is 142 Å². The summed E-state index contributed by atoms with van der Waals surface area (Å²) < 4.78 is 22.2. The van der Waals surface area contributed by atoms with E-state index in [0.29, 0.717) is 68.8 Å². The molecule has 0 saturated heterocycles. The van der Waals surface area contributed by atoms with Gasteiger partial charge in [-0.15, -0.1) is 0 Å². The summed E-state index contributed by atoms with van der Waals surface area (Å²) in [6.07, 6.45) is 3.06. The van der Waals surface area contributed by atoms with E-state index in [0.717, 1.165) is 5.75 Å². The zero-order valence-corrected chi connectivity index (χ0v) is 26.3. The van der Waals surface area contributed by atoms with Crippen LogP contribution < -0.4 is 34.9 Å². The first-order chi connectivity index (χ1) is 23.5. The largest absolute Gasteiger partial charge is 0.493 e. The normalized spacial score (nSPS) is 10.5. The number of carbonyl (C=O) groups excluding carboxylic acids is 1. The Morgan fingerprint density at radius 1 is 0.646 bits per heavy atom. The molecule has 0 spiro atoms. The van der Waals surface area contributed by atoms with Crippen LogP contribution in [-0.2, 0) is 0 Å². The van der Waals surface area contributed by atoms with Gasteiger partial charge in [0.15, 0.2) is 17.3 Å². The monoisotopic (exact) mass is 641 g/mol. The molecule has 0 saturated carbocycles. The lowest BCUT2D eigenvalue weighted by molar-refractivity contribution is 0.102. The van der Waals surface area contributed by atoms with E-state index in [4.69, 9.17) is 18.9 Å². The lowest BCUT2D eigenvalue weighted by Crippen LogP contribution is -2.12. The zero-order chi connectivity index (χ0) is 33.3. The number of ether oxygens (including phenoxy) is 4. The average molecular weight is 642 g/mol. The maximum atomic E-state index is 13.1. The molecule has 48 heavy (non-hydrogen) atoms. The van der Waals surface area contributed by atoms with Crippen molar-refractivity contribution < 1.29 is 23.7 Å². The van der Waals surface area contributed by atoms with Gasteiger partial charge in [0, 0.05) is 41.0 Å². The van der Waals surface area contributed by atoms with E-state index in [-0.39, 0.29) is 5.91 Å². The van der Waals surface area contributed by atoms with Crippen LogP contribution in [0.3, 0.4) is 0 Å². The van der Waals surface area contributed by atoms with Crippen molar-refractivity contribution in [1.82, 2.24) is 19.9 Å². The van der Waals surface area contributed by atoms with Crippen LogP contribution >= 0.6 is 0 Å². The number of benzene rings is 4. The van der Waals surface area contributed by atoms with Gasteiger partial charge < -0.3 is 34.9 Å². The second kappa shape index (κ2) is 14.6.